The van der Waals surface area contributed by atoms with Crippen molar-refractivity contribution in [2.75, 3.05) is 11.5 Å². The lowest BCUT2D eigenvalue weighted by molar-refractivity contribution is 0.437. The molecule has 2 rings (SSSR count). The van der Waals surface area contributed by atoms with E-state index in [1.54, 1.807) is 0 Å². The fraction of sp³-hybridized carbons (Fsp3) is 0.667. The van der Waals surface area contributed by atoms with Gasteiger partial charge in [0.25, 0.3) is 0 Å². The fourth-order valence-corrected chi connectivity index (χ4v) is 3.72. The normalized spacial score (nSPS) is 12.8. The number of benzene rings is 1. The summed E-state index contributed by atoms with van der Waals surface area (Å²) in [5.74, 6) is 2.48. The van der Waals surface area contributed by atoms with Gasteiger partial charge in [-0.05, 0) is 42.9 Å². The zero-order chi connectivity index (χ0) is 16.3. The molecule has 2 N–H and O–H groups in total. The molecule has 0 aliphatic heterocycles. The van der Waals surface area contributed by atoms with E-state index >= 15 is 0 Å². The molecule has 23 heavy (non-hydrogen) atoms. The van der Waals surface area contributed by atoms with E-state index in [4.69, 9.17) is 5.73 Å². The number of nitrogens with two attached hydrogens (primary N) is 1. The third kappa shape index (κ3) is 6.15. The van der Waals surface area contributed by atoms with Gasteiger partial charge in [-0.1, -0.05) is 56.4 Å². The highest BCUT2D eigenvalue weighted by Gasteiger charge is 2.10. The Balaban J connectivity index is 1.56. The quantitative estimate of drug-likeness (QED) is 0.568. The van der Waals surface area contributed by atoms with E-state index in [1.807, 2.05) is 28.9 Å². The zero-order valence-electron chi connectivity index (χ0n) is 14.3. The van der Waals surface area contributed by atoms with Gasteiger partial charge in [-0.2, -0.15) is 11.8 Å². The summed E-state index contributed by atoms with van der Waals surface area (Å²) < 4.78 is 1.85. The number of hydrogen-bond acceptors (Lipinski definition) is 4. The van der Waals surface area contributed by atoms with Crippen molar-refractivity contribution in [3.05, 3.63) is 24.3 Å². The van der Waals surface area contributed by atoms with Crippen molar-refractivity contribution in [3.8, 4) is 0 Å². The maximum Gasteiger partial charge on any atom is 0.113 e. The molecule has 1 aromatic heterocycles. The molecule has 1 atom stereocenters. The number of fused-ring (bicyclic) bond motifs is 1. The molecule has 0 aliphatic rings. The highest BCUT2D eigenvalue weighted by Crippen LogP contribution is 2.17. The summed E-state index contributed by atoms with van der Waals surface area (Å²) in [7, 11) is 0. The second kappa shape index (κ2) is 10.7. The number of nitrogens with zero attached hydrogens (tertiary/aromatic N) is 3. The van der Waals surface area contributed by atoms with Crippen LogP contribution in [-0.2, 0) is 0 Å². The average molecular weight is 335 g/mol. The largest absolute Gasteiger partial charge is 0.310 e. The molecule has 1 aromatic carbocycles. The summed E-state index contributed by atoms with van der Waals surface area (Å²) in [6.07, 6.45) is 10.3. The van der Waals surface area contributed by atoms with Crippen LogP contribution in [-0.4, -0.2) is 26.5 Å². The monoisotopic (exact) mass is 334 g/mol. The lowest BCUT2D eigenvalue weighted by atomic mass is 10.1. The minimum absolute atomic E-state index is 0.0722. The molecule has 0 spiro atoms. The lowest BCUT2D eigenvalue weighted by Crippen LogP contribution is -2.20. The van der Waals surface area contributed by atoms with E-state index < -0.39 is 0 Å². The van der Waals surface area contributed by atoms with E-state index in [-0.39, 0.29) is 6.17 Å². The van der Waals surface area contributed by atoms with Gasteiger partial charge in [-0.15, -0.1) is 5.10 Å². The summed E-state index contributed by atoms with van der Waals surface area (Å²) in [5.41, 5.74) is 8.21. The zero-order valence-corrected chi connectivity index (χ0v) is 15.1. The Morgan fingerprint density at radius 3 is 2.65 bits per heavy atom. The van der Waals surface area contributed by atoms with Gasteiger partial charge in [0.15, 0.2) is 0 Å². The van der Waals surface area contributed by atoms with E-state index in [0.29, 0.717) is 0 Å². The Kier molecular flexibility index (Phi) is 8.47. The molecule has 0 bridgehead atoms. The van der Waals surface area contributed by atoms with Crippen molar-refractivity contribution in [2.24, 2.45) is 5.73 Å². The SMILES string of the molecule is CCCCCCCCSCCCC(N)n1nnc2ccccc21. The number of unbranched alkanes of at least 4 members (excludes halogenated alkanes) is 5. The molecular weight excluding hydrogens is 304 g/mol. The average Bonchev–Trinajstić information content (AvgIpc) is 3.00. The summed E-state index contributed by atoms with van der Waals surface area (Å²) in [6, 6.07) is 7.99. The van der Waals surface area contributed by atoms with Crippen molar-refractivity contribution in [2.45, 2.75) is 64.5 Å². The number of rotatable bonds is 12. The third-order valence-corrected chi connectivity index (χ3v) is 5.28. The minimum Gasteiger partial charge on any atom is -0.310 e. The molecule has 5 heteroatoms. The van der Waals surface area contributed by atoms with Crippen LogP contribution in [0.1, 0.15) is 64.5 Å². The minimum atomic E-state index is -0.0722. The predicted molar refractivity (Wildman–Crippen MR) is 101 cm³/mol. The van der Waals surface area contributed by atoms with Crippen LogP contribution in [0.4, 0.5) is 0 Å². The molecular formula is C18H30N4S. The van der Waals surface area contributed by atoms with Crippen molar-refractivity contribution in [1.82, 2.24) is 15.0 Å². The second-order valence-electron chi connectivity index (χ2n) is 6.11. The first-order chi connectivity index (χ1) is 11.3. The van der Waals surface area contributed by atoms with Gasteiger partial charge >= 0.3 is 0 Å². The van der Waals surface area contributed by atoms with Crippen molar-refractivity contribution >= 4 is 22.8 Å². The van der Waals surface area contributed by atoms with Gasteiger partial charge in [0.1, 0.15) is 11.7 Å². The molecule has 0 saturated heterocycles. The van der Waals surface area contributed by atoms with Gasteiger partial charge in [-0.25, -0.2) is 4.68 Å². The van der Waals surface area contributed by atoms with Crippen LogP contribution in [0, 0.1) is 0 Å². The van der Waals surface area contributed by atoms with Gasteiger partial charge in [0, 0.05) is 0 Å². The summed E-state index contributed by atoms with van der Waals surface area (Å²) >= 11 is 2.06. The number of thioether (sulfide) groups is 1. The van der Waals surface area contributed by atoms with Gasteiger partial charge in [-0.3, -0.25) is 0 Å². The summed E-state index contributed by atoms with van der Waals surface area (Å²) in [6.45, 7) is 2.27. The molecule has 4 nitrogen and oxygen atoms in total. The predicted octanol–water partition coefficient (Wildman–Crippen LogP) is 4.76. The van der Waals surface area contributed by atoms with E-state index in [2.05, 4.69) is 29.0 Å². The molecule has 128 valence electrons. The Morgan fingerprint density at radius 1 is 1.04 bits per heavy atom. The molecule has 0 aliphatic carbocycles. The van der Waals surface area contributed by atoms with Crippen LogP contribution in [0.25, 0.3) is 11.0 Å². The van der Waals surface area contributed by atoms with Crippen LogP contribution < -0.4 is 5.73 Å². The van der Waals surface area contributed by atoms with Crippen molar-refractivity contribution in [1.29, 1.82) is 0 Å². The molecule has 1 heterocycles. The molecule has 0 radical (unpaired) electrons. The number of para-hydroxylation sites is 1. The topological polar surface area (TPSA) is 56.7 Å². The standard InChI is InChI=1S/C18H30N4S/c1-2-3-4-5-6-9-14-23-15-10-13-18(19)22-17-12-8-7-11-16(17)20-21-22/h7-8,11-12,18H,2-6,9-10,13-15,19H2,1H3. The maximum absolute atomic E-state index is 6.27. The Labute approximate surface area is 144 Å². The Morgan fingerprint density at radius 2 is 1.78 bits per heavy atom. The van der Waals surface area contributed by atoms with Crippen LogP contribution in [0.15, 0.2) is 24.3 Å². The number of aromatic nitrogens is 3. The van der Waals surface area contributed by atoms with Crippen LogP contribution >= 0.6 is 11.8 Å². The second-order valence-corrected chi connectivity index (χ2v) is 7.34. The highest BCUT2D eigenvalue weighted by molar-refractivity contribution is 7.99. The first-order valence-electron chi connectivity index (χ1n) is 8.96. The van der Waals surface area contributed by atoms with Crippen LogP contribution in [0.2, 0.25) is 0 Å². The maximum atomic E-state index is 6.27. The van der Waals surface area contributed by atoms with Crippen LogP contribution in [0.5, 0.6) is 0 Å². The summed E-state index contributed by atoms with van der Waals surface area (Å²) in [4.78, 5) is 0. The first kappa shape index (κ1) is 18.3. The molecule has 2 aromatic rings. The summed E-state index contributed by atoms with van der Waals surface area (Å²) in [5, 5.41) is 8.36. The van der Waals surface area contributed by atoms with Gasteiger partial charge < -0.3 is 5.73 Å². The van der Waals surface area contributed by atoms with E-state index in [1.165, 1.54) is 50.0 Å². The number of hydrogen-bond donors (Lipinski definition) is 1. The third-order valence-electron chi connectivity index (χ3n) is 4.12. The molecule has 0 amide bonds. The van der Waals surface area contributed by atoms with E-state index in [9.17, 15) is 0 Å². The van der Waals surface area contributed by atoms with Crippen LogP contribution in [0.3, 0.4) is 0 Å². The van der Waals surface area contributed by atoms with Crippen molar-refractivity contribution < 1.29 is 0 Å². The smallest absolute Gasteiger partial charge is 0.113 e. The molecule has 0 saturated carbocycles. The molecule has 1 unspecified atom stereocenters. The molecule has 0 fully saturated rings. The first-order valence-corrected chi connectivity index (χ1v) is 10.1. The van der Waals surface area contributed by atoms with Gasteiger partial charge in [0.05, 0.1) is 5.52 Å². The van der Waals surface area contributed by atoms with Gasteiger partial charge in [0.2, 0.25) is 0 Å². The van der Waals surface area contributed by atoms with Crippen molar-refractivity contribution in [3.63, 3.8) is 0 Å². The Hall–Kier alpha value is -1.07. The Bertz CT molecular complexity index is 555. The van der Waals surface area contributed by atoms with E-state index in [0.717, 1.165) is 23.9 Å². The fourth-order valence-electron chi connectivity index (χ4n) is 2.74. The lowest BCUT2D eigenvalue weighted by Gasteiger charge is -2.12. The highest BCUT2D eigenvalue weighted by atomic mass is 32.2.